The van der Waals surface area contributed by atoms with Crippen LogP contribution in [0.5, 0.6) is 0 Å². The Bertz CT molecular complexity index is 989. The molecule has 0 radical (unpaired) electrons. The van der Waals surface area contributed by atoms with Gasteiger partial charge in [0.1, 0.15) is 17.9 Å². The summed E-state index contributed by atoms with van der Waals surface area (Å²) >= 11 is 0. The summed E-state index contributed by atoms with van der Waals surface area (Å²) in [7, 11) is 0. The van der Waals surface area contributed by atoms with Crippen molar-refractivity contribution < 1.29 is 9.47 Å². The lowest BCUT2D eigenvalue weighted by molar-refractivity contribution is 0.0603. The van der Waals surface area contributed by atoms with Crippen LogP contribution in [0.25, 0.3) is 21.9 Å². The third-order valence-electron chi connectivity index (χ3n) is 6.16. The monoisotopic (exact) mass is 394 g/mol. The van der Waals surface area contributed by atoms with Gasteiger partial charge < -0.3 is 19.4 Å². The van der Waals surface area contributed by atoms with Gasteiger partial charge in [-0.15, -0.1) is 0 Å². The first-order valence-corrected chi connectivity index (χ1v) is 11.0. The second kappa shape index (κ2) is 8.28. The number of hydrogen-bond donors (Lipinski definition) is 1. The molecule has 2 aliphatic rings. The van der Waals surface area contributed by atoms with Gasteiger partial charge in [-0.3, -0.25) is 4.98 Å². The summed E-state index contributed by atoms with van der Waals surface area (Å²) < 4.78 is 13.7. The number of benzene rings is 1. The molecule has 29 heavy (non-hydrogen) atoms. The van der Waals surface area contributed by atoms with Crippen LogP contribution in [-0.2, 0) is 22.6 Å². The minimum Gasteiger partial charge on any atom is -0.385 e. The summed E-state index contributed by atoms with van der Waals surface area (Å²) in [4.78, 5) is 9.60. The number of rotatable bonds is 8. The van der Waals surface area contributed by atoms with Gasteiger partial charge in [0.25, 0.3) is 0 Å². The summed E-state index contributed by atoms with van der Waals surface area (Å²) in [5.41, 5.74) is 4.32. The minimum absolute atomic E-state index is 0.539. The van der Waals surface area contributed by atoms with Gasteiger partial charge in [-0.1, -0.05) is 0 Å². The van der Waals surface area contributed by atoms with Crippen molar-refractivity contribution in [1.82, 2.24) is 14.5 Å². The zero-order valence-electron chi connectivity index (χ0n) is 17.2. The number of nitrogens with one attached hydrogen (secondary N) is 1. The second-order valence-electron chi connectivity index (χ2n) is 8.38. The van der Waals surface area contributed by atoms with E-state index in [1.54, 1.807) is 0 Å². The van der Waals surface area contributed by atoms with E-state index in [-0.39, 0.29) is 0 Å². The zero-order chi connectivity index (χ0) is 19.6. The van der Waals surface area contributed by atoms with Crippen molar-refractivity contribution in [2.24, 2.45) is 11.8 Å². The van der Waals surface area contributed by atoms with Crippen LogP contribution in [0.3, 0.4) is 0 Å². The van der Waals surface area contributed by atoms with Crippen LogP contribution in [0.2, 0.25) is 0 Å². The topological polar surface area (TPSA) is 61.2 Å². The van der Waals surface area contributed by atoms with Crippen LogP contribution in [-0.4, -0.2) is 40.9 Å². The lowest BCUT2D eigenvalue weighted by atomic mass is 10.00. The quantitative estimate of drug-likeness (QED) is 0.615. The highest BCUT2D eigenvalue weighted by Crippen LogP contribution is 2.31. The maximum absolute atomic E-state index is 5.73. The number of ether oxygens (including phenoxy) is 2. The van der Waals surface area contributed by atoms with Crippen molar-refractivity contribution in [2.75, 3.05) is 31.7 Å². The maximum atomic E-state index is 5.73. The number of fused-ring (bicyclic) bond motifs is 3. The molecule has 1 saturated heterocycles. The first-order chi connectivity index (χ1) is 14.3. The maximum Gasteiger partial charge on any atom is 0.136 e. The average Bonchev–Trinajstić information content (AvgIpc) is 3.53. The van der Waals surface area contributed by atoms with E-state index in [9.17, 15) is 0 Å². The fourth-order valence-electron chi connectivity index (χ4n) is 4.24. The highest BCUT2D eigenvalue weighted by molar-refractivity contribution is 6.03. The Labute approximate surface area is 171 Å². The highest BCUT2D eigenvalue weighted by atomic mass is 16.5. The highest BCUT2D eigenvalue weighted by Gasteiger charge is 2.22. The number of pyridine rings is 1. The van der Waals surface area contributed by atoms with E-state index in [4.69, 9.17) is 19.4 Å². The molecule has 1 saturated carbocycles. The predicted octanol–water partition coefficient (Wildman–Crippen LogP) is 4.37. The predicted molar refractivity (Wildman–Crippen MR) is 115 cm³/mol. The van der Waals surface area contributed by atoms with E-state index in [0.717, 1.165) is 67.6 Å². The number of imidazole rings is 1. The van der Waals surface area contributed by atoms with Crippen LogP contribution in [0, 0.1) is 11.8 Å². The average molecular weight is 395 g/mol. The van der Waals surface area contributed by atoms with E-state index in [1.165, 1.54) is 23.7 Å². The molecular formula is C23H30N4O2. The molecule has 5 rings (SSSR count). The number of aromatic nitrogens is 3. The SMILES string of the molecule is CCOCc1nc2cnc3cc(NCC4CC4)ccc3c2n1CC1CCOCC1. The minimum atomic E-state index is 0.539. The molecule has 3 heterocycles. The molecule has 1 aliphatic heterocycles. The Hall–Kier alpha value is -2.18. The fourth-order valence-corrected chi connectivity index (χ4v) is 4.24. The van der Waals surface area contributed by atoms with E-state index in [0.29, 0.717) is 19.1 Å². The van der Waals surface area contributed by atoms with Gasteiger partial charge in [0.05, 0.1) is 17.2 Å². The molecule has 1 aliphatic carbocycles. The van der Waals surface area contributed by atoms with E-state index in [2.05, 4.69) is 28.1 Å². The molecule has 0 unspecified atom stereocenters. The largest absolute Gasteiger partial charge is 0.385 e. The smallest absolute Gasteiger partial charge is 0.136 e. The summed E-state index contributed by atoms with van der Waals surface area (Å²) in [5, 5.41) is 4.73. The first kappa shape index (κ1) is 18.8. The van der Waals surface area contributed by atoms with Crippen molar-refractivity contribution in [3.63, 3.8) is 0 Å². The zero-order valence-corrected chi connectivity index (χ0v) is 17.2. The lowest BCUT2D eigenvalue weighted by Crippen LogP contribution is -2.21. The van der Waals surface area contributed by atoms with Gasteiger partial charge in [0, 0.05) is 44.0 Å². The second-order valence-corrected chi connectivity index (χ2v) is 8.38. The third kappa shape index (κ3) is 4.09. The van der Waals surface area contributed by atoms with Crippen molar-refractivity contribution >= 4 is 27.6 Å². The van der Waals surface area contributed by atoms with Crippen molar-refractivity contribution in [3.8, 4) is 0 Å². The van der Waals surface area contributed by atoms with Crippen molar-refractivity contribution in [3.05, 3.63) is 30.2 Å². The molecule has 1 N–H and O–H groups in total. The van der Waals surface area contributed by atoms with Crippen molar-refractivity contribution in [2.45, 2.75) is 45.8 Å². The summed E-state index contributed by atoms with van der Waals surface area (Å²) in [5.74, 6) is 2.46. The molecule has 6 nitrogen and oxygen atoms in total. The number of anilines is 1. The molecule has 2 fully saturated rings. The normalized spacial score (nSPS) is 18.0. The Morgan fingerprint density at radius 2 is 2.00 bits per heavy atom. The molecule has 0 bridgehead atoms. The van der Waals surface area contributed by atoms with Crippen LogP contribution in [0.15, 0.2) is 24.4 Å². The molecular weight excluding hydrogens is 364 g/mol. The van der Waals surface area contributed by atoms with Crippen LogP contribution >= 0.6 is 0 Å². The molecule has 0 atom stereocenters. The third-order valence-corrected chi connectivity index (χ3v) is 6.16. The Balaban J connectivity index is 1.53. The molecule has 6 heteroatoms. The van der Waals surface area contributed by atoms with E-state index < -0.39 is 0 Å². The molecule has 154 valence electrons. The molecule has 1 aromatic carbocycles. The standard InChI is InChI=1S/C23H30N4O2/c1-2-28-15-22-26-21-13-25-20-11-18(24-12-16-3-4-16)5-6-19(20)23(21)27(22)14-17-7-9-29-10-8-17/h5-6,11,13,16-17,24H,2-4,7-10,12,14-15H2,1H3. The van der Waals surface area contributed by atoms with E-state index >= 15 is 0 Å². The van der Waals surface area contributed by atoms with Gasteiger partial charge >= 0.3 is 0 Å². The number of nitrogens with zero attached hydrogens (tertiary/aromatic N) is 3. The Kier molecular flexibility index (Phi) is 5.38. The summed E-state index contributed by atoms with van der Waals surface area (Å²) in [6.07, 6.45) is 6.83. The van der Waals surface area contributed by atoms with Crippen LogP contribution < -0.4 is 5.32 Å². The Morgan fingerprint density at radius 1 is 1.14 bits per heavy atom. The lowest BCUT2D eigenvalue weighted by Gasteiger charge is -2.23. The molecule has 0 amide bonds. The summed E-state index contributed by atoms with van der Waals surface area (Å²) in [6.45, 7) is 6.99. The van der Waals surface area contributed by atoms with Gasteiger partial charge in [-0.25, -0.2) is 4.98 Å². The van der Waals surface area contributed by atoms with Gasteiger partial charge in [-0.2, -0.15) is 0 Å². The van der Waals surface area contributed by atoms with Crippen LogP contribution in [0.1, 0.15) is 38.4 Å². The van der Waals surface area contributed by atoms with Crippen molar-refractivity contribution in [1.29, 1.82) is 0 Å². The number of hydrogen-bond acceptors (Lipinski definition) is 5. The van der Waals surface area contributed by atoms with Gasteiger partial charge in [0.2, 0.25) is 0 Å². The van der Waals surface area contributed by atoms with Gasteiger partial charge in [-0.05, 0) is 62.6 Å². The molecule has 0 spiro atoms. The Morgan fingerprint density at radius 3 is 2.79 bits per heavy atom. The molecule has 2 aromatic heterocycles. The van der Waals surface area contributed by atoms with E-state index in [1.807, 2.05) is 13.1 Å². The van der Waals surface area contributed by atoms with Crippen LogP contribution in [0.4, 0.5) is 5.69 Å². The molecule has 3 aromatic rings. The summed E-state index contributed by atoms with van der Waals surface area (Å²) in [6, 6.07) is 6.55. The fraction of sp³-hybridized carbons (Fsp3) is 0.565. The first-order valence-electron chi connectivity index (χ1n) is 11.0. The van der Waals surface area contributed by atoms with Gasteiger partial charge in [0.15, 0.2) is 0 Å².